The van der Waals surface area contributed by atoms with Crippen LogP contribution in [0.4, 0.5) is 0 Å². The molecule has 3 rings (SSSR count). The van der Waals surface area contributed by atoms with Crippen molar-refractivity contribution in [2.75, 3.05) is 13.2 Å². The van der Waals surface area contributed by atoms with Gasteiger partial charge in [-0.3, -0.25) is 4.79 Å². The van der Waals surface area contributed by atoms with Crippen LogP contribution in [-0.2, 0) is 19.0 Å². The fourth-order valence-electron chi connectivity index (χ4n) is 2.97. The van der Waals surface area contributed by atoms with Crippen LogP contribution in [0, 0.1) is 13.8 Å². The van der Waals surface area contributed by atoms with Gasteiger partial charge in [0.1, 0.15) is 19.5 Å². The number of hydrogen-bond donors (Lipinski definition) is 0. The SMILES string of the molecule is Cc1cc(C(=O)C(C)OC(=O)C2=COCCO2)c(C)n1-c1ccc(Cl)cc1. The highest BCUT2D eigenvalue weighted by Crippen LogP contribution is 2.24. The molecule has 27 heavy (non-hydrogen) atoms. The number of esters is 1. The van der Waals surface area contributed by atoms with Crippen LogP contribution in [0.3, 0.4) is 0 Å². The van der Waals surface area contributed by atoms with E-state index in [0.29, 0.717) is 17.2 Å². The summed E-state index contributed by atoms with van der Waals surface area (Å²) in [5.74, 6) is -1.04. The van der Waals surface area contributed by atoms with E-state index in [-0.39, 0.29) is 18.1 Å². The van der Waals surface area contributed by atoms with Crippen LogP contribution >= 0.6 is 11.6 Å². The minimum absolute atomic E-state index is 0.0347. The van der Waals surface area contributed by atoms with Crippen LogP contribution in [-0.4, -0.2) is 35.6 Å². The molecule has 2 aromatic rings. The summed E-state index contributed by atoms with van der Waals surface area (Å²) in [7, 11) is 0. The molecule has 0 radical (unpaired) electrons. The highest BCUT2D eigenvalue weighted by molar-refractivity contribution is 6.30. The topological polar surface area (TPSA) is 66.8 Å². The number of carbonyl (C=O) groups is 2. The summed E-state index contributed by atoms with van der Waals surface area (Å²) < 4.78 is 17.4. The van der Waals surface area contributed by atoms with E-state index in [9.17, 15) is 9.59 Å². The van der Waals surface area contributed by atoms with Gasteiger partial charge in [0, 0.05) is 27.7 Å². The Bertz CT molecular complexity index is 898. The first kappa shape index (κ1) is 19.0. The Hall–Kier alpha value is -2.73. The van der Waals surface area contributed by atoms with Crippen molar-refractivity contribution in [2.24, 2.45) is 0 Å². The molecule has 7 heteroatoms. The van der Waals surface area contributed by atoms with Gasteiger partial charge in [0.15, 0.2) is 6.10 Å². The van der Waals surface area contributed by atoms with Gasteiger partial charge in [-0.2, -0.15) is 0 Å². The molecule has 6 nitrogen and oxygen atoms in total. The largest absolute Gasteiger partial charge is 0.493 e. The maximum atomic E-state index is 12.8. The van der Waals surface area contributed by atoms with Crippen LogP contribution in [0.5, 0.6) is 0 Å². The van der Waals surface area contributed by atoms with Gasteiger partial charge in [0.05, 0.1) is 0 Å². The number of ether oxygens (including phenoxy) is 3. The van der Waals surface area contributed by atoms with Gasteiger partial charge in [-0.25, -0.2) is 4.79 Å². The summed E-state index contributed by atoms with van der Waals surface area (Å²) in [5.41, 5.74) is 3.05. The Morgan fingerprint density at radius 2 is 1.89 bits per heavy atom. The van der Waals surface area contributed by atoms with Crippen LogP contribution in [0.1, 0.15) is 28.7 Å². The Labute approximate surface area is 162 Å². The molecule has 1 aliphatic rings. The number of nitrogens with zero attached hydrogens (tertiary/aromatic N) is 1. The van der Waals surface area contributed by atoms with Crippen molar-refractivity contribution in [1.29, 1.82) is 0 Å². The van der Waals surface area contributed by atoms with Crippen molar-refractivity contribution in [3.63, 3.8) is 0 Å². The summed E-state index contributed by atoms with van der Waals surface area (Å²) in [6.07, 6.45) is 0.248. The summed E-state index contributed by atoms with van der Waals surface area (Å²) in [4.78, 5) is 24.9. The van der Waals surface area contributed by atoms with Crippen LogP contribution < -0.4 is 0 Å². The fraction of sp³-hybridized carbons (Fsp3) is 0.300. The number of aryl methyl sites for hydroxylation is 1. The third-order valence-electron chi connectivity index (χ3n) is 4.28. The Kier molecular flexibility index (Phi) is 5.56. The molecule has 1 atom stereocenters. The van der Waals surface area contributed by atoms with Gasteiger partial charge in [0.25, 0.3) is 0 Å². The quantitative estimate of drug-likeness (QED) is 0.575. The number of benzene rings is 1. The molecule has 0 amide bonds. The lowest BCUT2D eigenvalue weighted by Crippen LogP contribution is -2.27. The van der Waals surface area contributed by atoms with Gasteiger partial charge in [0.2, 0.25) is 11.5 Å². The van der Waals surface area contributed by atoms with Crippen LogP contribution in [0.2, 0.25) is 5.02 Å². The summed E-state index contributed by atoms with van der Waals surface area (Å²) in [6, 6.07) is 9.14. The minimum Gasteiger partial charge on any atom is -0.493 e. The lowest BCUT2D eigenvalue weighted by molar-refractivity contribution is -0.147. The second kappa shape index (κ2) is 7.88. The number of rotatable bonds is 5. The predicted octanol–water partition coefficient (Wildman–Crippen LogP) is 3.75. The Morgan fingerprint density at radius 3 is 2.52 bits per heavy atom. The van der Waals surface area contributed by atoms with E-state index in [1.807, 2.05) is 30.5 Å². The first-order valence-corrected chi connectivity index (χ1v) is 8.91. The zero-order chi connectivity index (χ0) is 19.6. The normalized spacial score (nSPS) is 14.6. The fourth-order valence-corrected chi connectivity index (χ4v) is 3.09. The second-order valence-electron chi connectivity index (χ2n) is 6.21. The van der Waals surface area contributed by atoms with Crippen LogP contribution in [0.25, 0.3) is 5.69 Å². The van der Waals surface area contributed by atoms with Crippen LogP contribution in [0.15, 0.2) is 42.4 Å². The number of Topliss-reactive ketones (excluding diaryl/α,β-unsaturated/α-hetero) is 1. The summed E-state index contributed by atoms with van der Waals surface area (Å²) >= 11 is 5.95. The van der Waals surface area contributed by atoms with Crippen molar-refractivity contribution in [3.05, 3.63) is 64.3 Å². The predicted molar refractivity (Wildman–Crippen MR) is 100 cm³/mol. The lowest BCUT2D eigenvalue weighted by Gasteiger charge is -2.17. The molecule has 2 heterocycles. The maximum absolute atomic E-state index is 12.8. The van der Waals surface area contributed by atoms with Gasteiger partial charge >= 0.3 is 5.97 Å². The van der Waals surface area contributed by atoms with E-state index in [1.54, 1.807) is 25.1 Å². The van der Waals surface area contributed by atoms with Crippen molar-refractivity contribution in [2.45, 2.75) is 26.9 Å². The van der Waals surface area contributed by atoms with Gasteiger partial charge in [-0.1, -0.05) is 11.6 Å². The molecular formula is C20H20ClNO5. The summed E-state index contributed by atoms with van der Waals surface area (Å²) in [6.45, 7) is 5.95. The molecule has 0 N–H and O–H groups in total. The van der Waals surface area contributed by atoms with Crippen molar-refractivity contribution in [3.8, 4) is 5.69 Å². The monoisotopic (exact) mass is 389 g/mol. The molecular weight excluding hydrogens is 370 g/mol. The van der Waals surface area contributed by atoms with Crippen molar-refractivity contribution >= 4 is 23.4 Å². The minimum atomic E-state index is -0.955. The smallest absolute Gasteiger partial charge is 0.377 e. The van der Waals surface area contributed by atoms with E-state index in [0.717, 1.165) is 17.1 Å². The van der Waals surface area contributed by atoms with Gasteiger partial charge in [-0.15, -0.1) is 0 Å². The second-order valence-corrected chi connectivity index (χ2v) is 6.65. The van der Waals surface area contributed by atoms with Gasteiger partial charge in [-0.05, 0) is 51.1 Å². The summed E-state index contributed by atoms with van der Waals surface area (Å²) in [5, 5.41) is 0.640. The first-order chi connectivity index (χ1) is 12.9. The molecule has 1 aliphatic heterocycles. The third-order valence-corrected chi connectivity index (χ3v) is 4.54. The molecule has 0 saturated heterocycles. The molecule has 0 saturated carbocycles. The van der Waals surface area contributed by atoms with Crippen molar-refractivity contribution in [1.82, 2.24) is 4.57 Å². The van der Waals surface area contributed by atoms with Gasteiger partial charge < -0.3 is 18.8 Å². The third kappa shape index (κ3) is 4.01. The van der Waals surface area contributed by atoms with E-state index in [2.05, 4.69) is 0 Å². The van der Waals surface area contributed by atoms with E-state index in [4.69, 9.17) is 25.8 Å². The molecule has 0 aliphatic carbocycles. The zero-order valence-electron chi connectivity index (χ0n) is 15.3. The maximum Gasteiger partial charge on any atom is 0.377 e. The van der Waals surface area contributed by atoms with E-state index < -0.39 is 12.1 Å². The first-order valence-electron chi connectivity index (χ1n) is 8.53. The molecule has 0 spiro atoms. The number of hydrogen-bond acceptors (Lipinski definition) is 5. The molecule has 1 aromatic carbocycles. The highest BCUT2D eigenvalue weighted by atomic mass is 35.5. The molecule has 0 bridgehead atoms. The number of ketones is 1. The number of carbonyl (C=O) groups excluding carboxylic acids is 2. The highest BCUT2D eigenvalue weighted by Gasteiger charge is 2.27. The Balaban J connectivity index is 1.80. The Morgan fingerprint density at radius 1 is 1.19 bits per heavy atom. The standard InChI is InChI=1S/C20H20ClNO5/c1-12-10-17(13(2)22(12)16-6-4-15(21)5-7-16)19(23)14(3)27-20(24)18-11-25-8-9-26-18/h4-7,10-11,14H,8-9H2,1-3H3. The molecule has 142 valence electrons. The average Bonchev–Trinajstić information content (AvgIpc) is 2.96. The molecule has 0 fully saturated rings. The van der Waals surface area contributed by atoms with E-state index in [1.165, 1.54) is 6.26 Å². The van der Waals surface area contributed by atoms with E-state index >= 15 is 0 Å². The molecule has 1 unspecified atom stereocenters. The zero-order valence-corrected chi connectivity index (χ0v) is 16.1. The average molecular weight is 390 g/mol. The lowest BCUT2D eigenvalue weighted by atomic mass is 10.1. The molecule has 1 aromatic heterocycles. The van der Waals surface area contributed by atoms with Crippen molar-refractivity contribution < 1.29 is 23.8 Å². The number of aromatic nitrogens is 1. The number of halogens is 1.